The van der Waals surface area contributed by atoms with Crippen LogP contribution in [0.15, 0.2) is 23.1 Å². The highest BCUT2D eigenvalue weighted by molar-refractivity contribution is 5.71. The highest BCUT2D eigenvalue weighted by Crippen LogP contribution is 2.12. The molecule has 0 aliphatic carbocycles. The third-order valence-electron chi connectivity index (χ3n) is 2.95. The molecule has 1 aromatic rings. The number of hydrogen-bond donors (Lipinski definition) is 1. The second-order valence-corrected chi connectivity index (χ2v) is 4.40. The summed E-state index contributed by atoms with van der Waals surface area (Å²) in [6, 6.07) is 2.38. The van der Waals surface area contributed by atoms with Crippen LogP contribution in [-0.4, -0.2) is 22.2 Å². The smallest absolute Gasteiger partial charge is 0.326 e. The molecular formula is C14H21NO4. The van der Waals surface area contributed by atoms with Gasteiger partial charge in [-0.05, 0) is 25.0 Å². The molecule has 19 heavy (non-hydrogen) atoms. The highest BCUT2D eigenvalue weighted by atomic mass is 16.5. The summed E-state index contributed by atoms with van der Waals surface area (Å²) in [6.45, 7) is 4.31. The summed E-state index contributed by atoms with van der Waals surface area (Å²) in [5.74, 6) is -0.786. The first kappa shape index (κ1) is 15.3. The third-order valence-corrected chi connectivity index (χ3v) is 2.95. The Hall–Kier alpha value is -1.78. The predicted octanol–water partition coefficient (Wildman–Crippen LogP) is 2.45. The molecule has 0 saturated heterocycles. The summed E-state index contributed by atoms with van der Waals surface area (Å²) in [6.07, 6.45) is 4.87. The van der Waals surface area contributed by atoms with Crippen molar-refractivity contribution in [1.82, 2.24) is 4.57 Å². The Morgan fingerprint density at radius 1 is 1.42 bits per heavy atom. The van der Waals surface area contributed by atoms with Gasteiger partial charge in [0, 0.05) is 6.20 Å². The number of pyridine rings is 1. The number of carboxylic acid groups (broad SMARTS) is 1. The molecule has 1 rings (SSSR count). The van der Waals surface area contributed by atoms with Gasteiger partial charge < -0.3 is 9.84 Å². The van der Waals surface area contributed by atoms with E-state index in [0.29, 0.717) is 13.0 Å². The van der Waals surface area contributed by atoms with Crippen molar-refractivity contribution in [2.75, 3.05) is 6.61 Å². The van der Waals surface area contributed by atoms with Crippen LogP contribution in [0.25, 0.3) is 0 Å². The highest BCUT2D eigenvalue weighted by Gasteiger charge is 2.19. The number of aliphatic carboxylic acids is 1. The van der Waals surface area contributed by atoms with Gasteiger partial charge in [0.15, 0.2) is 5.75 Å². The lowest BCUT2D eigenvalue weighted by molar-refractivity contribution is -0.141. The van der Waals surface area contributed by atoms with Crippen molar-refractivity contribution < 1.29 is 14.6 Å². The quantitative estimate of drug-likeness (QED) is 0.734. The van der Waals surface area contributed by atoms with Crippen molar-refractivity contribution >= 4 is 5.97 Å². The topological polar surface area (TPSA) is 68.5 Å². The molecule has 106 valence electrons. The summed E-state index contributed by atoms with van der Waals surface area (Å²) >= 11 is 0. The molecule has 1 atom stereocenters. The van der Waals surface area contributed by atoms with Crippen LogP contribution in [0.4, 0.5) is 0 Å². The first-order valence-corrected chi connectivity index (χ1v) is 6.68. The SMILES string of the molecule is CCCCCOc1cccn(C(CC)C(=O)O)c1=O. The van der Waals surface area contributed by atoms with Gasteiger partial charge in [0.2, 0.25) is 0 Å². The van der Waals surface area contributed by atoms with E-state index in [9.17, 15) is 9.59 Å². The van der Waals surface area contributed by atoms with Crippen LogP contribution < -0.4 is 10.3 Å². The minimum atomic E-state index is -1.01. The number of carbonyl (C=O) groups is 1. The number of unbranched alkanes of at least 4 members (excludes halogenated alkanes) is 2. The fraction of sp³-hybridized carbons (Fsp3) is 0.571. The molecule has 0 amide bonds. The van der Waals surface area contributed by atoms with Crippen molar-refractivity contribution in [3.05, 3.63) is 28.7 Å². The molecule has 1 N–H and O–H groups in total. The monoisotopic (exact) mass is 267 g/mol. The lowest BCUT2D eigenvalue weighted by Crippen LogP contribution is -2.29. The zero-order valence-electron chi connectivity index (χ0n) is 11.5. The van der Waals surface area contributed by atoms with Crippen LogP contribution in [-0.2, 0) is 4.79 Å². The Balaban J connectivity index is 2.86. The van der Waals surface area contributed by atoms with Gasteiger partial charge in [-0.1, -0.05) is 26.7 Å². The second kappa shape index (κ2) is 7.61. The van der Waals surface area contributed by atoms with Crippen LogP contribution in [0.5, 0.6) is 5.75 Å². The summed E-state index contributed by atoms with van der Waals surface area (Å²) < 4.78 is 6.65. The van der Waals surface area contributed by atoms with Gasteiger partial charge in [-0.3, -0.25) is 9.36 Å². The van der Waals surface area contributed by atoms with Gasteiger partial charge in [0.05, 0.1) is 6.61 Å². The Morgan fingerprint density at radius 2 is 2.16 bits per heavy atom. The van der Waals surface area contributed by atoms with E-state index in [-0.39, 0.29) is 11.3 Å². The molecule has 0 saturated carbocycles. The lowest BCUT2D eigenvalue weighted by atomic mass is 10.2. The minimum Gasteiger partial charge on any atom is -0.488 e. The molecule has 0 fully saturated rings. The largest absolute Gasteiger partial charge is 0.488 e. The molecule has 1 unspecified atom stereocenters. The maximum atomic E-state index is 12.1. The molecule has 0 aromatic carbocycles. The van der Waals surface area contributed by atoms with Crippen LogP contribution in [0.2, 0.25) is 0 Å². The van der Waals surface area contributed by atoms with Crippen LogP contribution in [0.1, 0.15) is 45.6 Å². The van der Waals surface area contributed by atoms with Gasteiger partial charge in [-0.25, -0.2) is 4.79 Å². The number of carboxylic acids is 1. The lowest BCUT2D eigenvalue weighted by Gasteiger charge is -2.14. The normalized spacial score (nSPS) is 12.1. The van der Waals surface area contributed by atoms with E-state index in [1.165, 1.54) is 10.8 Å². The summed E-state index contributed by atoms with van der Waals surface area (Å²) in [4.78, 5) is 23.2. The molecule has 5 heteroatoms. The molecule has 0 spiro atoms. The Labute approximate surface area is 112 Å². The molecule has 0 aliphatic heterocycles. The van der Waals surface area contributed by atoms with E-state index >= 15 is 0 Å². The van der Waals surface area contributed by atoms with Crippen molar-refractivity contribution in [3.8, 4) is 5.75 Å². The average Bonchev–Trinajstić information content (AvgIpc) is 2.38. The van der Waals surface area contributed by atoms with E-state index in [1.807, 2.05) is 0 Å². The summed E-state index contributed by atoms with van der Waals surface area (Å²) in [5, 5.41) is 9.09. The van der Waals surface area contributed by atoms with E-state index in [0.717, 1.165) is 19.3 Å². The van der Waals surface area contributed by atoms with Gasteiger partial charge in [-0.2, -0.15) is 0 Å². The number of rotatable bonds is 8. The van der Waals surface area contributed by atoms with Gasteiger partial charge in [0.25, 0.3) is 5.56 Å². The fourth-order valence-corrected chi connectivity index (χ4v) is 1.87. The molecule has 1 aromatic heterocycles. The zero-order valence-corrected chi connectivity index (χ0v) is 11.5. The van der Waals surface area contributed by atoms with Gasteiger partial charge >= 0.3 is 5.97 Å². The Bertz CT molecular complexity index is 467. The number of nitrogens with zero attached hydrogens (tertiary/aromatic N) is 1. The van der Waals surface area contributed by atoms with E-state index < -0.39 is 12.0 Å². The molecule has 5 nitrogen and oxygen atoms in total. The molecule has 0 radical (unpaired) electrons. The number of ether oxygens (including phenoxy) is 1. The summed E-state index contributed by atoms with van der Waals surface area (Å²) in [5.41, 5.74) is -0.381. The first-order chi connectivity index (χ1) is 9.11. The van der Waals surface area contributed by atoms with E-state index in [4.69, 9.17) is 9.84 Å². The van der Waals surface area contributed by atoms with Crippen molar-refractivity contribution in [2.45, 2.75) is 45.6 Å². The average molecular weight is 267 g/mol. The number of hydrogen-bond acceptors (Lipinski definition) is 3. The van der Waals surface area contributed by atoms with E-state index in [1.54, 1.807) is 19.1 Å². The minimum absolute atomic E-state index is 0.221. The van der Waals surface area contributed by atoms with Crippen molar-refractivity contribution in [3.63, 3.8) is 0 Å². The molecule has 0 aliphatic rings. The van der Waals surface area contributed by atoms with Crippen LogP contribution >= 0.6 is 0 Å². The van der Waals surface area contributed by atoms with Gasteiger partial charge in [0.1, 0.15) is 6.04 Å². The van der Waals surface area contributed by atoms with E-state index in [2.05, 4.69) is 6.92 Å². The van der Waals surface area contributed by atoms with Crippen molar-refractivity contribution in [1.29, 1.82) is 0 Å². The van der Waals surface area contributed by atoms with Crippen LogP contribution in [0, 0.1) is 0 Å². The molecular weight excluding hydrogens is 246 g/mol. The maximum absolute atomic E-state index is 12.1. The predicted molar refractivity (Wildman–Crippen MR) is 72.7 cm³/mol. The second-order valence-electron chi connectivity index (χ2n) is 4.40. The first-order valence-electron chi connectivity index (χ1n) is 6.68. The summed E-state index contributed by atoms with van der Waals surface area (Å²) in [7, 11) is 0. The van der Waals surface area contributed by atoms with Gasteiger partial charge in [-0.15, -0.1) is 0 Å². The standard InChI is InChI=1S/C14H21NO4/c1-3-5-6-10-19-12-8-7-9-15(13(12)16)11(4-2)14(17)18/h7-9,11H,3-6,10H2,1-2H3,(H,17,18). The molecule has 1 heterocycles. The number of aromatic nitrogens is 1. The maximum Gasteiger partial charge on any atom is 0.326 e. The molecule has 0 bridgehead atoms. The van der Waals surface area contributed by atoms with Crippen molar-refractivity contribution in [2.24, 2.45) is 0 Å². The van der Waals surface area contributed by atoms with Crippen LogP contribution in [0.3, 0.4) is 0 Å². The Kier molecular flexibility index (Phi) is 6.12. The fourth-order valence-electron chi connectivity index (χ4n) is 1.87. The zero-order chi connectivity index (χ0) is 14.3. The Morgan fingerprint density at radius 3 is 2.74 bits per heavy atom. The third kappa shape index (κ3) is 4.12.